The van der Waals surface area contributed by atoms with E-state index in [-0.39, 0.29) is 0 Å². The third-order valence-electron chi connectivity index (χ3n) is 2.56. The Bertz CT molecular complexity index is 496. The number of aliphatic hydroxyl groups excluding tert-OH is 1. The predicted molar refractivity (Wildman–Crippen MR) is 63.2 cm³/mol. The van der Waals surface area contributed by atoms with E-state index in [2.05, 4.69) is 10.3 Å². The van der Waals surface area contributed by atoms with Crippen molar-refractivity contribution in [3.8, 4) is 11.4 Å². The lowest BCUT2D eigenvalue weighted by Crippen LogP contribution is -1.96. The standard InChI is InChI=1S/C12H15N3O2/c1-3-12(16)11-8-15(14-13-11)9-5-4-6-10(7-9)17-2/h4-8,12,16H,3H2,1-2H3. The van der Waals surface area contributed by atoms with Crippen LogP contribution in [0.1, 0.15) is 25.1 Å². The maximum atomic E-state index is 9.65. The van der Waals surface area contributed by atoms with Gasteiger partial charge in [0.15, 0.2) is 0 Å². The van der Waals surface area contributed by atoms with Crippen LogP contribution in [0.2, 0.25) is 0 Å². The van der Waals surface area contributed by atoms with E-state index in [0.29, 0.717) is 12.1 Å². The second-order valence-corrected chi connectivity index (χ2v) is 3.71. The molecule has 1 atom stereocenters. The normalized spacial score (nSPS) is 12.4. The average molecular weight is 233 g/mol. The molecule has 1 aromatic heterocycles. The van der Waals surface area contributed by atoms with Gasteiger partial charge in [-0.2, -0.15) is 0 Å². The summed E-state index contributed by atoms with van der Waals surface area (Å²) in [4.78, 5) is 0. The van der Waals surface area contributed by atoms with Crippen molar-refractivity contribution < 1.29 is 9.84 Å². The number of methoxy groups -OCH3 is 1. The summed E-state index contributed by atoms with van der Waals surface area (Å²) >= 11 is 0. The molecule has 0 aliphatic carbocycles. The number of rotatable bonds is 4. The van der Waals surface area contributed by atoms with Gasteiger partial charge in [-0.1, -0.05) is 18.2 Å². The van der Waals surface area contributed by atoms with Gasteiger partial charge in [0, 0.05) is 6.07 Å². The number of aliphatic hydroxyl groups is 1. The van der Waals surface area contributed by atoms with Gasteiger partial charge in [0.2, 0.25) is 0 Å². The molecule has 5 nitrogen and oxygen atoms in total. The molecular formula is C12H15N3O2. The molecule has 2 aromatic rings. The van der Waals surface area contributed by atoms with Gasteiger partial charge in [-0.15, -0.1) is 5.10 Å². The van der Waals surface area contributed by atoms with Crippen molar-refractivity contribution in [1.29, 1.82) is 0 Å². The highest BCUT2D eigenvalue weighted by Crippen LogP contribution is 2.18. The third-order valence-corrected chi connectivity index (χ3v) is 2.56. The highest BCUT2D eigenvalue weighted by Gasteiger charge is 2.10. The molecule has 0 amide bonds. The van der Waals surface area contributed by atoms with E-state index in [1.807, 2.05) is 31.2 Å². The van der Waals surface area contributed by atoms with Crippen LogP contribution in [0, 0.1) is 0 Å². The van der Waals surface area contributed by atoms with Crippen LogP contribution in [-0.4, -0.2) is 27.2 Å². The lowest BCUT2D eigenvalue weighted by Gasteiger charge is -2.03. The van der Waals surface area contributed by atoms with E-state index in [0.717, 1.165) is 11.4 Å². The van der Waals surface area contributed by atoms with E-state index >= 15 is 0 Å². The molecule has 2 rings (SSSR count). The molecule has 0 spiro atoms. The Hall–Kier alpha value is -1.88. The molecule has 0 aliphatic heterocycles. The zero-order chi connectivity index (χ0) is 12.3. The predicted octanol–water partition coefficient (Wildman–Crippen LogP) is 1.72. The van der Waals surface area contributed by atoms with Gasteiger partial charge >= 0.3 is 0 Å². The number of nitrogens with zero attached hydrogens (tertiary/aromatic N) is 3. The Kier molecular flexibility index (Phi) is 3.39. The van der Waals surface area contributed by atoms with Crippen molar-refractivity contribution in [2.24, 2.45) is 0 Å². The summed E-state index contributed by atoms with van der Waals surface area (Å²) in [6.07, 6.45) is 1.79. The molecule has 1 heterocycles. The Morgan fingerprint density at radius 2 is 2.29 bits per heavy atom. The molecule has 90 valence electrons. The smallest absolute Gasteiger partial charge is 0.121 e. The average Bonchev–Trinajstić information content (AvgIpc) is 2.87. The van der Waals surface area contributed by atoms with Gasteiger partial charge < -0.3 is 9.84 Å². The van der Waals surface area contributed by atoms with Gasteiger partial charge in [-0.3, -0.25) is 0 Å². The first-order valence-electron chi connectivity index (χ1n) is 5.49. The van der Waals surface area contributed by atoms with E-state index in [9.17, 15) is 5.11 Å². The lowest BCUT2D eigenvalue weighted by atomic mass is 10.2. The van der Waals surface area contributed by atoms with Crippen molar-refractivity contribution in [2.75, 3.05) is 7.11 Å². The quantitative estimate of drug-likeness (QED) is 0.873. The minimum atomic E-state index is -0.561. The SMILES string of the molecule is CCC(O)c1cn(-c2cccc(OC)c2)nn1. The highest BCUT2D eigenvalue weighted by molar-refractivity contribution is 5.38. The maximum Gasteiger partial charge on any atom is 0.121 e. The first kappa shape index (κ1) is 11.6. The van der Waals surface area contributed by atoms with Crippen LogP contribution < -0.4 is 4.74 Å². The number of ether oxygens (including phenoxy) is 1. The zero-order valence-corrected chi connectivity index (χ0v) is 9.87. The summed E-state index contributed by atoms with van der Waals surface area (Å²) in [5.41, 5.74) is 1.43. The zero-order valence-electron chi connectivity index (χ0n) is 9.87. The van der Waals surface area contributed by atoms with Crippen molar-refractivity contribution in [3.63, 3.8) is 0 Å². The number of hydrogen-bond donors (Lipinski definition) is 1. The molecule has 1 unspecified atom stereocenters. The molecule has 0 saturated heterocycles. The van der Waals surface area contributed by atoms with Gasteiger partial charge in [0.05, 0.1) is 25.1 Å². The van der Waals surface area contributed by atoms with Crippen molar-refractivity contribution in [3.05, 3.63) is 36.2 Å². The minimum Gasteiger partial charge on any atom is -0.497 e. The Morgan fingerprint density at radius 1 is 1.47 bits per heavy atom. The van der Waals surface area contributed by atoms with Crippen LogP contribution in [-0.2, 0) is 0 Å². The number of benzene rings is 1. The summed E-state index contributed by atoms with van der Waals surface area (Å²) in [6.45, 7) is 1.90. The first-order chi connectivity index (χ1) is 8.24. The molecule has 0 bridgehead atoms. The Morgan fingerprint density at radius 3 is 3.00 bits per heavy atom. The van der Waals surface area contributed by atoms with Crippen molar-refractivity contribution in [2.45, 2.75) is 19.4 Å². The molecule has 1 aromatic carbocycles. The fourth-order valence-electron chi connectivity index (χ4n) is 1.52. The molecule has 0 radical (unpaired) electrons. The van der Waals surface area contributed by atoms with Crippen LogP contribution in [0.3, 0.4) is 0 Å². The number of aromatic nitrogens is 3. The summed E-state index contributed by atoms with van der Waals surface area (Å²) in [5, 5.41) is 17.6. The van der Waals surface area contributed by atoms with Gasteiger partial charge in [0.25, 0.3) is 0 Å². The molecule has 0 saturated carbocycles. The van der Waals surface area contributed by atoms with Crippen LogP contribution in [0.15, 0.2) is 30.5 Å². The summed E-state index contributed by atoms with van der Waals surface area (Å²) in [7, 11) is 1.62. The van der Waals surface area contributed by atoms with Crippen LogP contribution in [0.4, 0.5) is 0 Å². The molecule has 0 fully saturated rings. The second kappa shape index (κ2) is 4.97. The van der Waals surface area contributed by atoms with Crippen LogP contribution in [0.25, 0.3) is 5.69 Å². The fraction of sp³-hybridized carbons (Fsp3) is 0.333. The van der Waals surface area contributed by atoms with E-state index in [1.165, 1.54) is 0 Å². The Balaban J connectivity index is 2.30. The largest absolute Gasteiger partial charge is 0.497 e. The molecular weight excluding hydrogens is 218 g/mol. The summed E-state index contributed by atoms with van der Waals surface area (Å²) in [5.74, 6) is 0.760. The molecule has 1 N–H and O–H groups in total. The van der Waals surface area contributed by atoms with E-state index in [1.54, 1.807) is 18.0 Å². The third kappa shape index (κ3) is 2.45. The van der Waals surface area contributed by atoms with Gasteiger partial charge in [-0.05, 0) is 18.6 Å². The minimum absolute atomic E-state index is 0.561. The summed E-state index contributed by atoms with van der Waals surface area (Å²) in [6, 6.07) is 7.50. The number of hydrogen-bond acceptors (Lipinski definition) is 4. The maximum absolute atomic E-state index is 9.65. The molecule has 0 aliphatic rings. The van der Waals surface area contributed by atoms with Crippen molar-refractivity contribution in [1.82, 2.24) is 15.0 Å². The van der Waals surface area contributed by atoms with E-state index < -0.39 is 6.10 Å². The van der Waals surface area contributed by atoms with Gasteiger partial charge in [0.1, 0.15) is 11.4 Å². The van der Waals surface area contributed by atoms with Crippen molar-refractivity contribution >= 4 is 0 Å². The van der Waals surface area contributed by atoms with E-state index in [4.69, 9.17) is 4.74 Å². The summed E-state index contributed by atoms with van der Waals surface area (Å²) < 4.78 is 6.76. The monoisotopic (exact) mass is 233 g/mol. The highest BCUT2D eigenvalue weighted by atomic mass is 16.5. The lowest BCUT2D eigenvalue weighted by molar-refractivity contribution is 0.169. The molecule has 17 heavy (non-hydrogen) atoms. The van der Waals surface area contributed by atoms with Crippen LogP contribution in [0.5, 0.6) is 5.75 Å². The van der Waals surface area contributed by atoms with Crippen LogP contribution >= 0.6 is 0 Å². The van der Waals surface area contributed by atoms with Gasteiger partial charge in [-0.25, -0.2) is 4.68 Å². The topological polar surface area (TPSA) is 60.2 Å². The Labute approximate surface area is 99.7 Å². The fourth-order valence-corrected chi connectivity index (χ4v) is 1.52. The first-order valence-corrected chi connectivity index (χ1v) is 5.49. The second-order valence-electron chi connectivity index (χ2n) is 3.71. The molecule has 5 heteroatoms.